The van der Waals surface area contributed by atoms with Gasteiger partial charge in [-0.05, 0) is 6.42 Å². The molecular weight excluding hydrogens is 191 g/mol. The largest absolute Gasteiger partial charge is 1.00 e. The Balaban J connectivity index is -0.000000500. The maximum atomic E-state index is 10.5. The number of unbranched alkanes of at least 4 members (excludes halogenated alkanes) is 2. The van der Waals surface area contributed by atoms with Crippen molar-refractivity contribution in [2.24, 2.45) is 0 Å². The minimum absolute atomic E-state index is 0. The van der Waals surface area contributed by atoms with Crippen LogP contribution in [0.4, 0.5) is 0 Å². The Morgan fingerprint density at radius 3 is 2.25 bits per heavy atom. The van der Waals surface area contributed by atoms with E-state index in [1.807, 2.05) is 6.92 Å². The van der Waals surface area contributed by atoms with E-state index < -0.39 is 15.2 Å². The normalized spacial score (nSPS) is 10.5. The first-order valence-electron chi connectivity index (χ1n) is 3.48. The Bertz CT molecular complexity index is 227. The van der Waals surface area contributed by atoms with Crippen LogP contribution in [0.3, 0.4) is 0 Å². The van der Waals surface area contributed by atoms with E-state index in [-0.39, 0.29) is 37.4 Å². The second-order valence-corrected chi connectivity index (χ2v) is 3.71. The summed E-state index contributed by atoms with van der Waals surface area (Å²) in [6.07, 6.45) is 2.17. The van der Waals surface area contributed by atoms with Gasteiger partial charge in [-0.2, -0.15) is 8.42 Å². The number of hydrogen-bond acceptors (Lipinski definition) is 3. The zero-order chi connectivity index (χ0) is 8.91. The molecule has 0 atom stereocenters. The molecule has 1 N–H and O–H groups in total. The van der Waals surface area contributed by atoms with Crippen LogP contribution in [0.15, 0.2) is 0 Å². The van der Waals surface area contributed by atoms with Gasteiger partial charge in [-0.15, -0.1) is 0 Å². The first-order chi connectivity index (χ1) is 4.98. The fourth-order valence-corrected chi connectivity index (χ4v) is 1.05. The molecule has 6 heteroatoms. The molecule has 4 nitrogen and oxygen atoms in total. The average molecular weight is 204 g/mol. The predicted molar refractivity (Wildman–Crippen MR) is 41.8 cm³/mol. The van der Waals surface area contributed by atoms with Crippen LogP contribution >= 0.6 is 0 Å². The van der Waals surface area contributed by atoms with Crippen LogP contribution in [0.5, 0.6) is 0 Å². The minimum atomic E-state index is -4.42. The van der Waals surface area contributed by atoms with Crippen LogP contribution in [0, 0.1) is 0 Å². The summed E-state index contributed by atoms with van der Waals surface area (Å²) < 4.78 is 28.5. The van der Waals surface area contributed by atoms with Crippen molar-refractivity contribution in [2.75, 3.05) is 0 Å². The molecule has 0 spiro atoms. The summed E-state index contributed by atoms with van der Waals surface area (Å²) in [5.74, 6) is 0. The van der Waals surface area contributed by atoms with Crippen molar-refractivity contribution < 1.29 is 48.7 Å². The van der Waals surface area contributed by atoms with E-state index in [0.717, 1.165) is 12.8 Å². The SMILES string of the molecule is CCCCCC(=O)S(=O)(=O)O.[H-].[Na+]. The smallest absolute Gasteiger partial charge is 1.00 e. The van der Waals surface area contributed by atoms with Crippen molar-refractivity contribution in [1.29, 1.82) is 0 Å². The van der Waals surface area contributed by atoms with E-state index in [4.69, 9.17) is 4.55 Å². The summed E-state index contributed by atoms with van der Waals surface area (Å²) in [4.78, 5) is 10.5. The quantitative estimate of drug-likeness (QED) is 0.330. The van der Waals surface area contributed by atoms with Gasteiger partial charge in [-0.1, -0.05) is 19.8 Å². The maximum Gasteiger partial charge on any atom is 1.00 e. The standard InChI is InChI=1S/C6H12O4S.Na.H/c1-2-3-4-5-6(7)11(8,9)10;;/h2-5H2,1H3,(H,8,9,10);;/q;+1;-1. The molecule has 0 bridgehead atoms. The van der Waals surface area contributed by atoms with E-state index in [9.17, 15) is 13.2 Å². The Morgan fingerprint density at radius 1 is 1.42 bits per heavy atom. The van der Waals surface area contributed by atoms with Gasteiger partial charge in [0, 0.05) is 6.42 Å². The molecule has 0 aliphatic carbocycles. The maximum absolute atomic E-state index is 10.5. The van der Waals surface area contributed by atoms with Crippen molar-refractivity contribution in [3.8, 4) is 0 Å². The van der Waals surface area contributed by atoms with E-state index in [0.29, 0.717) is 6.42 Å². The molecule has 0 saturated carbocycles. The van der Waals surface area contributed by atoms with Crippen LogP contribution < -0.4 is 29.6 Å². The molecule has 0 aliphatic rings. The Kier molecular flexibility index (Phi) is 8.83. The molecule has 0 aromatic heterocycles. The van der Waals surface area contributed by atoms with Crippen molar-refractivity contribution >= 4 is 15.2 Å². The van der Waals surface area contributed by atoms with Crippen molar-refractivity contribution in [1.82, 2.24) is 0 Å². The molecule has 0 heterocycles. The van der Waals surface area contributed by atoms with Gasteiger partial charge in [0.05, 0.1) is 0 Å². The monoisotopic (exact) mass is 204 g/mol. The first kappa shape index (κ1) is 15.1. The summed E-state index contributed by atoms with van der Waals surface area (Å²) in [7, 11) is -4.42. The number of carbonyl (C=O) groups is 1. The fourth-order valence-electron chi connectivity index (χ4n) is 0.648. The van der Waals surface area contributed by atoms with Crippen LogP contribution in [-0.4, -0.2) is 18.1 Å². The summed E-state index contributed by atoms with van der Waals surface area (Å²) in [5, 5.41) is -1.08. The van der Waals surface area contributed by atoms with Crippen LogP contribution in [-0.2, 0) is 14.9 Å². The topological polar surface area (TPSA) is 71.4 Å². The molecule has 0 saturated heterocycles. The van der Waals surface area contributed by atoms with Gasteiger partial charge >= 0.3 is 39.7 Å². The Morgan fingerprint density at radius 2 is 1.92 bits per heavy atom. The zero-order valence-electron chi connectivity index (χ0n) is 8.41. The van der Waals surface area contributed by atoms with E-state index in [1.165, 1.54) is 0 Å². The average Bonchev–Trinajstić information content (AvgIpc) is 1.86. The van der Waals surface area contributed by atoms with Gasteiger partial charge in [0.1, 0.15) is 0 Å². The van der Waals surface area contributed by atoms with Crippen LogP contribution in [0.2, 0.25) is 0 Å². The first-order valence-corrected chi connectivity index (χ1v) is 4.92. The van der Waals surface area contributed by atoms with E-state index in [1.54, 1.807) is 0 Å². The molecule has 0 unspecified atom stereocenters. The number of rotatable bonds is 4. The van der Waals surface area contributed by atoms with Crippen molar-refractivity contribution in [3.05, 3.63) is 0 Å². The van der Waals surface area contributed by atoms with E-state index >= 15 is 0 Å². The van der Waals surface area contributed by atoms with Gasteiger partial charge in [0.2, 0.25) is 0 Å². The molecule has 0 radical (unpaired) electrons. The molecule has 68 valence electrons. The molecule has 0 fully saturated rings. The van der Waals surface area contributed by atoms with Gasteiger partial charge in [-0.25, -0.2) is 0 Å². The molecule has 0 aromatic carbocycles. The predicted octanol–water partition coefficient (Wildman–Crippen LogP) is -1.90. The van der Waals surface area contributed by atoms with E-state index in [2.05, 4.69) is 0 Å². The molecule has 0 amide bonds. The number of carbonyl (C=O) groups excluding carboxylic acids is 1. The molecule has 12 heavy (non-hydrogen) atoms. The Labute approximate surface area is 96.3 Å². The van der Waals surface area contributed by atoms with Gasteiger partial charge in [0.25, 0.3) is 5.12 Å². The van der Waals surface area contributed by atoms with Crippen molar-refractivity contribution in [3.63, 3.8) is 0 Å². The second-order valence-electron chi connectivity index (χ2n) is 2.30. The summed E-state index contributed by atoms with van der Waals surface area (Å²) in [6, 6.07) is 0. The third-order valence-electron chi connectivity index (χ3n) is 1.27. The number of hydrogen-bond donors (Lipinski definition) is 1. The second kappa shape index (κ2) is 7.03. The molecule has 0 aromatic rings. The fraction of sp³-hybridized carbons (Fsp3) is 0.833. The third-order valence-corrected chi connectivity index (χ3v) is 2.05. The molecule has 0 aliphatic heterocycles. The summed E-state index contributed by atoms with van der Waals surface area (Å²) in [6.45, 7) is 1.94. The molecule has 0 rings (SSSR count). The van der Waals surface area contributed by atoms with Gasteiger partial charge < -0.3 is 1.43 Å². The van der Waals surface area contributed by atoms with Gasteiger partial charge in [0.15, 0.2) is 0 Å². The molecular formula is C6H13NaO4S. The summed E-state index contributed by atoms with van der Waals surface area (Å²) in [5.41, 5.74) is 0. The van der Waals surface area contributed by atoms with Crippen molar-refractivity contribution in [2.45, 2.75) is 32.6 Å². The van der Waals surface area contributed by atoms with Crippen LogP contribution in [0.1, 0.15) is 34.0 Å². The summed E-state index contributed by atoms with van der Waals surface area (Å²) >= 11 is 0. The zero-order valence-corrected chi connectivity index (χ0v) is 10.2. The Hall–Kier alpha value is 0.580. The minimum Gasteiger partial charge on any atom is -1.00 e. The third kappa shape index (κ3) is 7.24. The van der Waals surface area contributed by atoms with Crippen LogP contribution in [0.25, 0.3) is 0 Å². The van der Waals surface area contributed by atoms with Gasteiger partial charge in [-0.3, -0.25) is 9.35 Å².